The summed E-state index contributed by atoms with van der Waals surface area (Å²) in [6, 6.07) is 15.8. The van der Waals surface area contributed by atoms with Crippen LogP contribution in [0.5, 0.6) is 0 Å². The Labute approximate surface area is 158 Å². The lowest BCUT2D eigenvalue weighted by Crippen LogP contribution is -2.39. The fraction of sp³-hybridized carbons (Fsp3) is 0.333. The molecule has 26 heavy (non-hydrogen) atoms. The van der Waals surface area contributed by atoms with E-state index in [1.165, 1.54) is 0 Å². The van der Waals surface area contributed by atoms with Crippen LogP contribution >= 0.6 is 11.6 Å². The Kier molecular flexibility index (Phi) is 4.93. The van der Waals surface area contributed by atoms with Gasteiger partial charge in [0.05, 0.1) is 11.0 Å². The quantitative estimate of drug-likeness (QED) is 0.735. The van der Waals surface area contributed by atoms with Crippen molar-refractivity contribution in [1.82, 2.24) is 14.9 Å². The molecule has 1 aromatic heterocycles. The number of aryl methyl sites for hydroxylation is 1. The van der Waals surface area contributed by atoms with Gasteiger partial charge in [-0.05, 0) is 49.1 Å². The Hall–Kier alpha value is -2.33. The standard InChI is InChI=1S/C21H22ClN3O/c22-17-10-7-15(8-11-17)9-12-20(26)25-13-3-4-16(14-25)21-23-18-5-1-2-6-19(18)24-21/h1-2,5-8,10-11,16H,3-4,9,12-14H2,(H,23,24)/t16-/m0/s1. The first-order valence-electron chi connectivity index (χ1n) is 9.16. The summed E-state index contributed by atoms with van der Waals surface area (Å²) in [6.45, 7) is 1.59. The fourth-order valence-corrected chi connectivity index (χ4v) is 3.78. The van der Waals surface area contributed by atoms with E-state index >= 15 is 0 Å². The number of carbonyl (C=O) groups excluding carboxylic acids is 1. The zero-order valence-corrected chi connectivity index (χ0v) is 15.4. The van der Waals surface area contributed by atoms with E-state index in [0.29, 0.717) is 6.42 Å². The summed E-state index contributed by atoms with van der Waals surface area (Å²) in [5.41, 5.74) is 3.20. The molecule has 1 amide bonds. The molecule has 134 valence electrons. The number of H-pyrrole nitrogens is 1. The van der Waals surface area contributed by atoms with Gasteiger partial charge in [0.2, 0.25) is 5.91 Å². The Bertz CT molecular complexity index is 870. The number of fused-ring (bicyclic) bond motifs is 1. The van der Waals surface area contributed by atoms with Gasteiger partial charge < -0.3 is 9.88 Å². The van der Waals surface area contributed by atoms with Crippen LogP contribution in [0, 0.1) is 0 Å². The maximum absolute atomic E-state index is 12.7. The number of hydrogen-bond acceptors (Lipinski definition) is 2. The first-order valence-corrected chi connectivity index (χ1v) is 9.54. The van der Waals surface area contributed by atoms with Crippen LogP contribution in [-0.2, 0) is 11.2 Å². The Morgan fingerprint density at radius 3 is 2.81 bits per heavy atom. The second kappa shape index (κ2) is 7.50. The van der Waals surface area contributed by atoms with Crippen LogP contribution in [-0.4, -0.2) is 33.9 Å². The van der Waals surface area contributed by atoms with Gasteiger partial charge in [0.25, 0.3) is 0 Å². The normalized spacial score (nSPS) is 17.6. The first kappa shape index (κ1) is 17.1. The average Bonchev–Trinajstić information content (AvgIpc) is 3.12. The number of benzene rings is 2. The lowest BCUT2D eigenvalue weighted by atomic mass is 9.97. The molecule has 2 aromatic carbocycles. The molecule has 0 aliphatic carbocycles. The predicted molar refractivity (Wildman–Crippen MR) is 104 cm³/mol. The number of amides is 1. The summed E-state index contributed by atoms with van der Waals surface area (Å²) in [5, 5.41) is 0.727. The van der Waals surface area contributed by atoms with Crippen molar-refractivity contribution in [3.63, 3.8) is 0 Å². The molecule has 5 heteroatoms. The van der Waals surface area contributed by atoms with Crippen LogP contribution in [0.15, 0.2) is 48.5 Å². The van der Waals surface area contributed by atoms with Gasteiger partial charge in [0.1, 0.15) is 5.82 Å². The van der Waals surface area contributed by atoms with Crippen molar-refractivity contribution in [2.45, 2.75) is 31.6 Å². The predicted octanol–water partition coefficient (Wildman–Crippen LogP) is 4.56. The lowest BCUT2D eigenvalue weighted by molar-refractivity contribution is -0.132. The molecule has 0 bridgehead atoms. The van der Waals surface area contributed by atoms with E-state index in [1.807, 2.05) is 53.4 Å². The van der Waals surface area contributed by atoms with Crippen LogP contribution in [0.2, 0.25) is 5.02 Å². The number of carbonyl (C=O) groups is 1. The third-order valence-electron chi connectivity index (χ3n) is 5.11. The third-order valence-corrected chi connectivity index (χ3v) is 5.36. The van der Waals surface area contributed by atoms with Crippen molar-refractivity contribution in [3.05, 3.63) is 64.9 Å². The fourth-order valence-electron chi connectivity index (χ4n) is 3.65. The summed E-state index contributed by atoms with van der Waals surface area (Å²) >= 11 is 5.92. The van der Waals surface area contributed by atoms with Gasteiger partial charge in [-0.2, -0.15) is 0 Å². The number of hydrogen-bond donors (Lipinski definition) is 1. The van der Waals surface area contributed by atoms with Crippen molar-refractivity contribution in [2.75, 3.05) is 13.1 Å². The average molecular weight is 368 g/mol. The highest BCUT2D eigenvalue weighted by molar-refractivity contribution is 6.30. The van der Waals surface area contributed by atoms with E-state index < -0.39 is 0 Å². The highest BCUT2D eigenvalue weighted by Gasteiger charge is 2.26. The molecule has 1 aliphatic rings. The maximum atomic E-state index is 12.7. The van der Waals surface area contributed by atoms with Crippen molar-refractivity contribution < 1.29 is 4.79 Å². The van der Waals surface area contributed by atoms with Crippen molar-refractivity contribution >= 4 is 28.5 Å². The van der Waals surface area contributed by atoms with E-state index in [9.17, 15) is 4.79 Å². The number of nitrogens with one attached hydrogen (secondary N) is 1. The number of aromatic nitrogens is 2. The highest BCUT2D eigenvalue weighted by atomic mass is 35.5. The number of nitrogens with zero attached hydrogens (tertiary/aromatic N) is 2. The SMILES string of the molecule is O=C(CCc1ccc(Cl)cc1)N1CCC[C@H](c2nc3ccccc3[nH]2)C1. The third kappa shape index (κ3) is 3.75. The van der Waals surface area contributed by atoms with E-state index in [0.717, 1.165) is 59.8 Å². The monoisotopic (exact) mass is 367 g/mol. The minimum atomic E-state index is 0.223. The molecule has 3 aromatic rings. The van der Waals surface area contributed by atoms with Crippen molar-refractivity contribution in [2.24, 2.45) is 0 Å². The largest absolute Gasteiger partial charge is 0.342 e. The van der Waals surface area contributed by atoms with Crippen LogP contribution in [0.4, 0.5) is 0 Å². The van der Waals surface area contributed by atoms with Gasteiger partial charge in [-0.15, -0.1) is 0 Å². The molecule has 4 rings (SSSR count). The minimum absolute atomic E-state index is 0.223. The van der Waals surface area contributed by atoms with Gasteiger partial charge in [0.15, 0.2) is 0 Å². The molecule has 2 heterocycles. The summed E-state index contributed by atoms with van der Waals surface area (Å²) in [6.07, 6.45) is 3.38. The molecule has 1 saturated heterocycles. The van der Waals surface area contributed by atoms with Crippen LogP contribution < -0.4 is 0 Å². The summed E-state index contributed by atoms with van der Waals surface area (Å²) in [4.78, 5) is 22.8. The summed E-state index contributed by atoms with van der Waals surface area (Å²) in [7, 11) is 0. The highest BCUT2D eigenvalue weighted by Crippen LogP contribution is 2.27. The first-order chi connectivity index (χ1) is 12.7. The van der Waals surface area contributed by atoms with E-state index in [-0.39, 0.29) is 11.8 Å². The van der Waals surface area contributed by atoms with Gasteiger partial charge in [0, 0.05) is 30.5 Å². The molecule has 0 unspecified atom stereocenters. The molecule has 1 aliphatic heterocycles. The van der Waals surface area contributed by atoms with E-state index in [4.69, 9.17) is 16.6 Å². The number of para-hydroxylation sites is 2. The number of likely N-dealkylation sites (tertiary alicyclic amines) is 1. The molecule has 0 saturated carbocycles. The summed E-state index contributed by atoms with van der Waals surface area (Å²) in [5.74, 6) is 1.51. The molecule has 0 radical (unpaired) electrons. The number of halogens is 1. The molecular formula is C21H22ClN3O. The van der Waals surface area contributed by atoms with Gasteiger partial charge in [-0.25, -0.2) is 4.98 Å². The van der Waals surface area contributed by atoms with Gasteiger partial charge in [-0.3, -0.25) is 4.79 Å². The number of imidazole rings is 1. The molecular weight excluding hydrogens is 346 g/mol. The topological polar surface area (TPSA) is 49.0 Å². The lowest BCUT2D eigenvalue weighted by Gasteiger charge is -2.32. The summed E-state index contributed by atoms with van der Waals surface area (Å²) < 4.78 is 0. The Morgan fingerprint density at radius 1 is 1.19 bits per heavy atom. The second-order valence-electron chi connectivity index (χ2n) is 6.94. The molecule has 1 atom stereocenters. The molecule has 1 N–H and O–H groups in total. The van der Waals surface area contributed by atoms with Crippen LogP contribution in [0.1, 0.15) is 36.6 Å². The second-order valence-corrected chi connectivity index (χ2v) is 7.38. The molecule has 0 spiro atoms. The van der Waals surface area contributed by atoms with E-state index in [2.05, 4.69) is 4.98 Å². The van der Waals surface area contributed by atoms with Crippen LogP contribution in [0.3, 0.4) is 0 Å². The number of piperidine rings is 1. The van der Waals surface area contributed by atoms with Gasteiger partial charge in [-0.1, -0.05) is 35.9 Å². The zero-order chi connectivity index (χ0) is 17.9. The molecule has 4 nitrogen and oxygen atoms in total. The van der Waals surface area contributed by atoms with Crippen LogP contribution in [0.25, 0.3) is 11.0 Å². The van der Waals surface area contributed by atoms with Gasteiger partial charge >= 0.3 is 0 Å². The number of aromatic amines is 1. The van der Waals surface area contributed by atoms with E-state index in [1.54, 1.807) is 0 Å². The maximum Gasteiger partial charge on any atom is 0.222 e. The zero-order valence-electron chi connectivity index (χ0n) is 14.6. The Morgan fingerprint density at radius 2 is 2.00 bits per heavy atom. The molecule has 1 fully saturated rings. The number of rotatable bonds is 4. The smallest absolute Gasteiger partial charge is 0.222 e. The Balaban J connectivity index is 1.39. The van der Waals surface area contributed by atoms with Crippen molar-refractivity contribution in [1.29, 1.82) is 0 Å². The van der Waals surface area contributed by atoms with Crippen molar-refractivity contribution in [3.8, 4) is 0 Å². The minimum Gasteiger partial charge on any atom is -0.342 e.